The molecular weight excluding hydrogens is 194 g/mol. The van der Waals surface area contributed by atoms with E-state index in [0.717, 1.165) is 13.0 Å². The minimum Gasteiger partial charge on any atom is -0.444 e. The Bertz CT molecular complexity index is 284. The van der Waals surface area contributed by atoms with Crippen molar-refractivity contribution < 1.29 is 14.3 Å². The van der Waals surface area contributed by atoms with Gasteiger partial charge in [-0.05, 0) is 34.1 Å². The highest BCUT2D eigenvalue weighted by molar-refractivity contribution is 5.68. The number of amides is 1. The van der Waals surface area contributed by atoms with Crippen LogP contribution in [0.25, 0.3) is 0 Å². The van der Waals surface area contributed by atoms with Crippen LogP contribution in [0.2, 0.25) is 0 Å². The number of carbonyl (C=O) groups is 1. The van der Waals surface area contributed by atoms with Crippen molar-refractivity contribution >= 4 is 6.09 Å². The Kier molecular flexibility index (Phi) is 2.23. The highest BCUT2D eigenvalue weighted by atomic mass is 16.6. The molecule has 0 aliphatic carbocycles. The number of hydrogen-bond acceptors (Lipinski definition) is 3. The highest BCUT2D eigenvalue weighted by Crippen LogP contribution is 2.43. The lowest BCUT2D eigenvalue weighted by atomic mass is 9.99. The van der Waals surface area contributed by atoms with Crippen molar-refractivity contribution in [3.8, 4) is 0 Å². The summed E-state index contributed by atoms with van der Waals surface area (Å²) in [6.45, 7) is 9.16. The monoisotopic (exact) mass is 213 g/mol. The van der Waals surface area contributed by atoms with Gasteiger partial charge in [-0.2, -0.15) is 0 Å². The van der Waals surface area contributed by atoms with Gasteiger partial charge in [0, 0.05) is 6.54 Å². The maximum absolute atomic E-state index is 11.7. The lowest BCUT2D eigenvalue weighted by Crippen LogP contribution is -2.44. The van der Waals surface area contributed by atoms with E-state index in [4.69, 9.17) is 9.47 Å². The Hall–Kier alpha value is -0.770. The molecule has 86 valence electrons. The molecule has 0 N–H and O–H groups in total. The fraction of sp³-hybridized carbons (Fsp3) is 0.909. The van der Waals surface area contributed by atoms with Gasteiger partial charge >= 0.3 is 6.09 Å². The number of ether oxygens (including phenoxy) is 2. The van der Waals surface area contributed by atoms with Gasteiger partial charge < -0.3 is 14.4 Å². The van der Waals surface area contributed by atoms with E-state index >= 15 is 0 Å². The zero-order valence-electron chi connectivity index (χ0n) is 9.87. The van der Waals surface area contributed by atoms with Gasteiger partial charge in [-0.25, -0.2) is 4.79 Å². The number of carbonyl (C=O) groups excluding carboxylic acids is 1. The van der Waals surface area contributed by atoms with Crippen LogP contribution in [-0.2, 0) is 9.47 Å². The van der Waals surface area contributed by atoms with Crippen LogP contribution in [0.3, 0.4) is 0 Å². The van der Waals surface area contributed by atoms with E-state index in [1.165, 1.54) is 0 Å². The highest BCUT2D eigenvalue weighted by Gasteiger charge is 2.56. The van der Waals surface area contributed by atoms with E-state index in [0.29, 0.717) is 6.54 Å². The molecule has 0 aromatic carbocycles. The standard InChI is InChI=1S/C11H19NO3/c1-10(2,3)15-9(13)12-6-5-11(4)8(7-12)14-11/h8H,5-7H2,1-4H3/t8-,11-/m0/s1. The summed E-state index contributed by atoms with van der Waals surface area (Å²) in [5.74, 6) is 0. The van der Waals surface area contributed by atoms with Gasteiger partial charge in [-0.3, -0.25) is 0 Å². The molecule has 1 amide bonds. The minimum absolute atomic E-state index is 0.0402. The van der Waals surface area contributed by atoms with Crippen molar-refractivity contribution in [2.24, 2.45) is 0 Å². The van der Waals surface area contributed by atoms with Crippen LogP contribution in [0.1, 0.15) is 34.1 Å². The molecule has 2 rings (SSSR count). The second-order valence-electron chi connectivity index (χ2n) is 5.60. The summed E-state index contributed by atoms with van der Waals surface area (Å²) in [6.07, 6.45) is 0.913. The molecule has 2 fully saturated rings. The average Bonchev–Trinajstić information content (AvgIpc) is 2.71. The number of likely N-dealkylation sites (tertiary alicyclic amines) is 1. The zero-order chi connectivity index (χ0) is 11.3. The third-order valence-corrected chi connectivity index (χ3v) is 2.95. The molecule has 2 heterocycles. The number of epoxide rings is 1. The van der Waals surface area contributed by atoms with Crippen molar-refractivity contribution in [1.82, 2.24) is 4.90 Å². The molecule has 0 saturated carbocycles. The quantitative estimate of drug-likeness (QED) is 0.576. The normalized spacial score (nSPS) is 34.7. The largest absolute Gasteiger partial charge is 0.444 e. The molecule has 2 atom stereocenters. The van der Waals surface area contributed by atoms with Crippen molar-refractivity contribution in [3.63, 3.8) is 0 Å². The molecular formula is C11H19NO3. The number of hydrogen-bond donors (Lipinski definition) is 0. The van der Waals surface area contributed by atoms with Crippen LogP contribution in [0.4, 0.5) is 4.79 Å². The number of nitrogens with zero attached hydrogens (tertiary/aromatic N) is 1. The summed E-state index contributed by atoms with van der Waals surface area (Å²) in [4.78, 5) is 13.5. The summed E-state index contributed by atoms with van der Waals surface area (Å²) in [5.41, 5.74) is -0.374. The molecule has 4 heteroatoms. The fourth-order valence-electron chi connectivity index (χ4n) is 1.88. The molecule has 0 aromatic rings. The summed E-state index contributed by atoms with van der Waals surface area (Å²) < 4.78 is 10.8. The third kappa shape index (κ3) is 2.25. The molecule has 2 aliphatic heterocycles. The van der Waals surface area contributed by atoms with Gasteiger partial charge in [-0.15, -0.1) is 0 Å². The summed E-state index contributed by atoms with van der Waals surface area (Å²) in [5, 5.41) is 0. The molecule has 2 saturated heterocycles. The molecule has 4 nitrogen and oxygen atoms in total. The van der Waals surface area contributed by atoms with E-state index < -0.39 is 5.60 Å². The van der Waals surface area contributed by atoms with E-state index in [9.17, 15) is 4.79 Å². The van der Waals surface area contributed by atoms with Gasteiger partial charge in [-0.1, -0.05) is 0 Å². The molecule has 0 spiro atoms. The van der Waals surface area contributed by atoms with Crippen molar-refractivity contribution in [3.05, 3.63) is 0 Å². The van der Waals surface area contributed by atoms with Gasteiger partial charge in [0.2, 0.25) is 0 Å². The van der Waals surface area contributed by atoms with Gasteiger partial charge in [0.05, 0.1) is 12.1 Å². The van der Waals surface area contributed by atoms with Gasteiger partial charge in [0.1, 0.15) is 11.7 Å². The van der Waals surface area contributed by atoms with Crippen LogP contribution < -0.4 is 0 Å². The topological polar surface area (TPSA) is 42.1 Å². The van der Waals surface area contributed by atoms with Crippen LogP contribution in [0.15, 0.2) is 0 Å². The van der Waals surface area contributed by atoms with Crippen molar-refractivity contribution in [2.75, 3.05) is 13.1 Å². The summed E-state index contributed by atoms with van der Waals surface area (Å²) in [6, 6.07) is 0. The first-order chi connectivity index (χ1) is 6.80. The number of rotatable bonds is 0. The fourth-order valence-corrected chi connectivity index (χ4v) is 1.88. The maximum Gasteiger partial charge on any atom is 0.410 e. The van der Waals surface area contributed by atoms with E-state index in [2.05, 4.69) is 6.92 Å². The van der Waals surface area contributed by atoms with Crippen LogP contribution in [-0.4, -0.2) is 41.4 Å². The van der Waals surface area contributed by atoms with Gasteiger partial charge in [0.25, 0.3) is 0 Å². The molecule has 0 bridgehead atoms. The second kappa shape index (κ2) is 3.11. The zero-order valence-corrected chi connectivity index (χ0v) is 9.87. The van der Waals surface area contributed by atoms with Crippen molar-refractivity contribution in [1.29, 1.82) is 0 Å². The molecule has 0 radical (unpaired) electrons. The predicted molar refractivity (Wildman–Crippen MR) is 55.7 cm³/mol. The lowest BCUT2D eigenvalue weighted by molar-refractivity contribution is 0.0220. The third-order valence-electron chi connectivity index (χ3n) is 2.95. The smallest absolute Gasteiger partial charge is 0.410 e. The number of fused-ring (bicyclic) bond motifs is 1. The Morgan fingerprint density at radius 1 is 1.53 bits per heavy atom. The second-order valence-corrected chi connectivity index (χ2v) is 5.60. The predicted octanol–water partition coefficient (Wildman–Crippen LogP) is 1.78. The molecule has 15 heavy (non-hydrogen) atoms. The average molecular weight is 213 g/mol. The Morgan fingerprint density at radius 3 is 2.73 bits per heavy atom. The van der Waals surface area contributed by atoms with Crippen molar-refractivity contribution in [2.45, 2.75) is 51.4 Å². The first-order valence-electron chi connectivity index (χ1n) is 5.46. The first-order valence-corrected chi connectivity index (χ1v) is 5.46. The molecule has 0 aromatic heterocycles. The Balaban J connectivity index is 1.88. The first kappa shape index (κ1) is 10.7. The minimum atomic E-state index is -0.414. The van der Waals surface area contributed by atoms with E-state index in [-0.39, 0.29) is 17.8 Å². The van der Waals surface area contributed by atoms with Crippen LogP contribution in [0, 0.1) is 0 Å². The Morgan fingerprint density at radius 2 is 2.20 bits per heavy atom. The van der Waals surface area contributed by atoms with Gasteiger partial charge in [0.15, 0.2) is 0 Å². The van der Waals surface area contributed by atoms with E-state index in [1.54, 1.807) is 4.90 Å². The van der Waals surface area contributed by atoms with Crippen LogP contribution >= 0.6 is 0 Å². The SMILES string of the molecule is CC(C)(C)OC(=O)N1CC[C@]2(C)O[C@H]2C1. The summed E-state index contributed by atoms with van der Waals surface area (Å²) >= 11 is 0. The molecule has 0 unspecified atom stereocenters. The molecule has 2 aliphatic rings. The maximum atomic E-state index is 11.7. The van der Waals surface area contributed by atoms with E-state index in [1.807, 2.05) is 20.8 Å². The number of piperidine rings is 1. The summed E-state index contributed by atoms with van der Waals surface area (Å²) in [7, 11) is 0. The van der Waals surface area contributed by atoms with Crippen LogP contribution in [0.5, 0.6) is 0 Å². The lowest BCUT2D eigenvalue weighted by Gasteiger charge is -2.29. The Labute approximate surface area is 90.5 Å².